The molecule has 3 heterocycles. The number of hydrogen-bond donors (Lipinski definition) is 1. The number of fused-ring (bicyclic) bond motifs is 1. The van der Waals surface area contributed by atoms with Gasteiger partial charge in [0.05, 0.1) is 17.4 Å². The number of hydrogen-bond acceptors (Lipinski definition) is 6. The number of nitrogens with one attached hydrogen (secondary N) is 1. The smallest absolute Gasteiger partial charge is 0.254 e. The molecule has 1 aliphatic heterocycles. The van der Waals surface area contributed by atoms with E-state index in [4.69, 9.17) is 4.98 Å². The van der Waals surface area contributed by atoms with E-state index in [9.17, 15) is 14.0 Å². The lowest BCUT2D eigenvalue weighted by molar-refractivity contribution is -0.114. The predicted octanol–water partition coefficient (Wildman–Crippen LogP) is 4.69. The summed E-state index contributed by atoms with van der Waals surface area (Å²) >= 11 is 1.29. The summed E-state index contributed by atoms with van der Waals surface area (Å²) in [6.45, 7) is 6.29. The molecule has 8 nitrogen and oxygen atoms in total. The van der Waals surface area contributed by atoms with Gasteiger partial charge in [-0.05, 0) is 61.8 Å². The molecule has 5 rings (SSSR count). The number of rotatable bonds is 4. The molecule has 1 N–H and O–H groups in total. The summed E-state index contributed by atoms with van der Waals surface area (Å²) in [6, 6.07) is 12.8. The van der Waals surface area contributed by atoms with Gasteiger partial charge in [0.2, 0.25) is 5.91 Å². The van der Waals surface area contributed by atoms with Gasteiger partial charge in [-0.25, -0.2) is 14.4 Å². The molecular weight excluding hydrogens is 467 g/mol. The molecule has 10 heteroatoms. The lowest BCUT2D eigenvalue weighted by Gasteiger charge is -2.35. The molecular formula is C25H23FN6O2S. The van der Waals surface area contributed by atoms with Crippen LogP contribution in [0.25, 0.3) is 22.1 Å². The molecule has 2 aromatic heterocycles. The Morgan fingerprint density at radius 2 is 1.77 bits per heavy atom. The maximum atomic E-state index is 13.4. The second kappa shape index (κ2) is 9.03. The molecule has 2 amide bonds. The van der Waals surface area contributed by atoms with Gasteiger partial charge in [-0.3, -0.25) is 9.59 Å². The van der Waals surface area contributed by atoms with Crippen LogP contribution in [0.4, 0.5) is 10.1 Å². The van der Waals surface area contributed by atoms with Crippen molar-refractivity contribution in [1.82, 2.24) is 23.8 Å². The normalized spacial score (nSPS) is 15.1. The molecule has 0 aliphatic carbocycles. The maximum absolute atomic E-state index is 13.4. The Balaban J connectivity index is 1.58. The summed E-state index contributed by atoms with van der Waals surface area (Å²) in [4.78, 5) is 36.0. The molecule has 0 saturated carbocycles. The average Bonchev–Trinajstić information content (AvgIpc) is 3.43. The van der Waals surface area contributed by atoms with Crippen molar-refractivity contribution in [3.05, 3.63) is 71.4 Å². The maximum Gasteiger partial charge on any atom is 0.254 e. The number of imidazole rings is 1. The Bertz CT molecular complexity index is 1410. The first-order chi connectivity index (χ1) is 16.8. The zero-order valence-corrected chi connectivity index (χ0v) is 20.3. The SMILES string of the molecule is CC(=O)Nc1ccc(-c2nc(-c3nc(C)ns3)n3c2[C@@H](C)N(C(=O)c2ccc(F)cc2)CC3)cc1. The number of carbonyl (C=O) groups excluding carboxylic acids is 2. The highest BCUT2D eigenvalue weighted by Gasteiger charge is 2.34. The molecule has 0 saturated heterocycles. The van der Waals surface area contributed by atoms with E-state index in [1.807, 2.05) is 38.1 Å². The molecule has 1 aliphatic rings. The molecule has 35 heavy (non-hydrogen) atoms. The minimum absolute atomic E-state index is 0.144. The van der Waals surface area contributed by atoms with Crippen molar-refractivity contribution >= 4 is 29.0 Å². The Morgan fingerprint density at radius 3 is 2.40 bits per heavy atom. The Kier molecular flexibility index (Phi) is 5.89. The van der Waals surface area contributed by atoms with E-state index in [1.54, 1.807) is 4.90 Å². The van der Waals surface area contributed by atoms with Crippen LogP contribution in [0.3, 0.4) is 0 Å². The van der Waals surface area contributed by atoms with Crippen LogP contribution in [0.2, 0.25) is 0 Å². The first kappa shape index (κ1) is 22.9. The van der Waals surface area contributed by atoms with Crippen LogP contribution in [0.1, 0.15) is 41.8 Å². The van der Waals surface area contributed by atoms with Crippen molar-refractivity contribution in [2.24, 2.45) is 0 Å². The number of aryl methyl sites for hydroxylation is 1. The van der Waals surface area contributed by atoms with Gasteiger partial charge in [-0.2, -0.15) is 4.37 Å². The number of halogens is 1. The third kappa shape index (κ3) is 4.32. The summed E-state index contributed by atoms with van der Waals surface area (Å²) in [5.74, 6) is 0.709. The Labute approximate surface area is 205 Å². The number of benzene rings is 2. The third-order valence-corrected chi connectivity index (χ3v) is 6.79. The zero-order chi connectivity index (χ0) is 24.7. The third-order valence-electron chi connectivity index (χ3n) is 5.98. The van der Waals surface area contributed by atoms with E-state index < -0.39 is 0 Å². The molecule has 1 atom stereocenters. The largest absolute Gasteiger partial charge is 0.329 e. The van der Waals surface area contributed by atoms with Gasteiger partial charge in [0.15, 0.2) is 10.8 Å². The van der Waals surface area contributed by atoms with E-state index in [0.29, 0.717) is 36.0 Å². The Morgan fingerprint density at radius 1 is 1.06 bits per heavy atom. The fourth-order valence-corrected chi connectivity index (χ4v) is 5.05. The van der Waals surface area contributed by atoms with Crippen LogP contribution < -0.4 is 5.32 Å². The number of carbonyl (C=O) groups is 2. The number of anilines is 1. The molecule has 178 valence electrons. The zero-order valence-electron chi connectivity index (χ0n) is 19.4. The summed E-state index contributed by atoms with van der Waals surface area (Å²) in [7, 11) is 0. The fraction of sp³-hybridized carbons (Fsp3) is 0.240. The molecule has 2 aromatic carbocycles. The Hall–Kier alpha value is -3.92. The van der Waals surface area contributed by atoms with E-state index in [0.717, 1.165) is 22.0 Å². The number of nitrogens with zero attached hydrogens (tertiary/aromatic N) is 5. The summed E-state index contributed by atoms with van der Waals surface area (Å²) in [6.07, 6.45) is 0. The monoisotopic (exact) mass is 490 g/mol. The standard InChI is InChI=1S/C25H23FN6O2S/c1-14-22-21(17-6-10-20(11-7-17)28-16(3)33)29-23(24-27-15(2)30-35-24)32(22)13-12-31(14)25(34)18-4-8-19(26)9-5-18/h4-11,14H,12-13H2,1-3H3,(H,28,33)/t14-/m1/s1. The lowest BCUT2D eigenvalue weighted by Crippen LogP contribution is -2.41. The van der Waals surface area contributed by atoms with E-state index >= 15 is 0 Å². The van der Waals surface area contributed by atoms with Gasteiger partial charge >= 0.3 is 0 Å². The average molecular weight is 491 g/mol. The lowest BCUT2D eigenvalue weighted by atomic mass is 10.0. The molecule has 0 unspecified atom stereocenters. The molecule has 0 fully saturated rings. The second-order valence-electron chi connectivity index (χ2n) is 8.41. The van der Waals surface area contributed by atoms with Crippen molar-refractivity contribution in [3.8, 4) is 22.1 Å². The molecule has 0 radical (unpaired) electrons. The van der Waals surface area contributed by atoms with Gasteiger partial charge < -0.3 is 14.8 Å². The highest BCUT2D eigenvalue weighted by atomic mass is 32.1. The molecule has 4 aromatic rings. The van der Waals surface area contributed by atoms with E-state index in [1.165, 1.54) is 42.7 Å². The van der Waals surface area contributed by atoms with E-state index in [-0.39, 0.29) is 23.7 Å². The van der Waals surface area contributed by atoms with Gasteiger partial charge in [0.25, 0.3) is 5.91 Å². The van der Waals surface area contributed by atoms with Crippen LogP contribution >= 0.6 is 11.5 Å². The van der Waals surface area contributed by atoms with Gasteiger partial charge in [-0.15, -0.1) is 0 Å². The number of amides is 2. The fourth-order valence-electron chi connectivity index (χ4n) is 4.38. The minimum atomic E-state index is -0.381. The van der Waals surface area contributed by atoms with Crippen molar-refractivity contribution in [3.63, 3.8) is 0 Å². The molecule has 0 bridgehead atoms. The highest BCUT2D eigenvalue weighted by molar-refractivity contribution is 7.09. The summed E-state index contributed by atoms with van der Waals surface area (Å²) in [5.41, 5.74) is 3.62. The highest BCUT2D eigenvalue weighted by Crippen LogP contribution is 2.39. The first-order valence-electron chi connectivity index (χ1n) is 11.2. The topological polar surface area (TPSA) is 93.0 Å². The van der Waals surface area contributed by atoms with Crippen molar-refractivity contribution in [1.29, 1.82) is 0 Å². The van der Waals surface area contributed by atoms with Crippen LogP contribution in [0.15, 0.2) is 48.5 Å². The minimum Gasteiger partial charge on any atom is -0.329 e. The van der Waals surface area contributed by atoms with Crippen molar-refractivity contribution in [2.75, 3.05) is 11.9 Å². The van der Waals surface area contributed by atoms with E-state index in [2.05, 4.69) is 19.2 Å². The molecule has 0 spiro atoms. The van der Waals surface area contributed by atoms with Gasteiger partial charge in [0, 0.05) is 36.8 Å². The van der Waals surface area contributed by atoms with Crippen molar-refractivity contribution in [2.45, 2.75) is 33.4 Å². The second-order valence-corrected chi connectivity index (χ2v) is 9.16. The summed E-state index contributed by atoms with van der Waals surface area (Å²) < 4.78 is 19.8. The predicted molar refractivity (Wildman–Crippen MR) is 131 cm³/mol. The summed E-state index contributed by atoms with van der Waals surface area (Å²) in [5, 5.41) is 3.49. The van der Waals surface area contributed by atoms with Crippen LogP contribution in [0, 0.1) is 12.7 Å². The van der Waals surface area contributed by atoms with Crippen LogP contribution in [-0.2, 0) is 11.3 Å². The van der Waals surface area contributed by atoms with Crippen LogP contribution in [0.5, 0.6) is 0 Å². The quantitative estimate of drug-likeness (QED) is 0.448. The van der Waals surface area contributed by atoms with Gasteiger partial charge in [-0.1, -0.05) is 12.1 Å². The number of aromatic nitrogens is 4. The van der Waals surface area contributed by atoms with Crippen LogP contribution in [-0.4, -0.2) is 42.2 Å². The first-order valence-corrected chi connectivity index (χ1v) is 11.9. The van der Waals surface area contributed by atoms with Gasteiger partial charge in [0.1, 0.15) is 11.6 Å². The van der Waals surface area contributed by atoms with Crippen molar-refractivity contribution < 1.29 is 14.0 Å².